The summed E-state index contributed by atoms with van der Waals surface area (Å²) in [6, 6.07) is 5.19. The second-order valence-electron chi connectivity index (χ2n) is 5.61. The number of aromatic nitrogens is 1. The van der Waals surface area contributed by atoms with Crippen molar-refractivity contribution < 1.29 is 19.8 Å². The Bertz CT molecular complexity index is 639. The van der Waals surface area contributed by atoms with Gasteiger partial charge in [-0.1, -0.05) is 23.7 Å². The molecule has 7 heteroatoms. The molecular weight excluding hydrogens is 332 g/mol. The summed E-state index contributed by atoms with van der Waals surface area (Å²) < 4.78 is 0. The number of rotatable bonds is 3. The summed E-state index contributed by atoms with van der Waals surface area (Å²) >= 11 is 5.82. The van der Waals surface area contributed by atoms with Crippen molar-refractivity contribution in [3.05, 3.63) is 47.3 Å². The highest BCUT2D eigenvalue weighted by Crippen LogP contribution is 2.31. The molecule has 2 aliphatic rings. The third-order valence-corrected chi connectivity index (χ3v) is 4.15. The Morgan fingerprint density at radius 1 is 1.17 bits per heavy atom. The maximum atomic E-state index is 9.55. The molecule has 3 N–H and O–H groups in total. The quantitative estimate of drug-likeness (QED) is 0.572. The summed E-state index contributed by atoms with van der Waals surface area (Å²) in [7, 11) is 0. The highest BCUT2D eigenvalue weighted by atomic mass is 35.5. The van der Waals surface area contributed by atoms with Gasteiger partial charge < -0.3 is 15.5 Å². The average molecular weight is 351 g/mol. The first-order chi connectivity index (χ1) is 11.5. The molecule has 1 saturated heterocycles. The number of carbonyl (C=O) groups is 2. The zero-order valence-corrected chi connectivity index (χ0v) is 13.7. The molecule has 6 nitrogen and oxygen atoms in total. The van der Waals surface area contributed by atoms with Gasteiger partial charge in [0.15, 0.2) is 0 Å². The van der Waals surface area contributed by atoms with Crippen LogP contribution < -0.4 is 5.32 Å². The number of fused-ring (bicyclic) bond motifs is 2. The Morgan fingerprint density at radius 3 is 2.46 bits per heavy atom. The van der Waals surface area contributed by atoms with Crippen molar-refractivity contribution in [2.45, 2.75) is 37.8 Å². The molecule has 1 aromatic heterocycles. The monoisotopic (exact) mass is 350 g/mol. The predicted molar refractivity (Wildman–Crippen MR) is 90.8 cm³/mol. The molecule has 2 atom stereocenters. The molecular formula is C17H19ClN2O4. The molecule has 3 rings (SSSR count). The van der Waals surface area contributed by atoms with Crippen LogP contribution in [0.3, 0.4) is 0 Å². The maximum absolute atomic E-state index is 9.55. The summed E-state index contributed by atoms with van der Waals surface area (Å²) in [6.07, 6.45) is 10.4. The molecule has 128 valence electrons. The Morgan fingerprint density at radius 2 is 1.88 bits per heavy atom. The van der Waals surface area contributed by atoms with Crippen LogP contribution in [0.4, 0.5) is 0 Å². The minimum Gasteiger partial charge on any atom is -0.478 e. The summed E-state index contributed by atoms with van der Waals surface area (Å²) in [5.41, 5.74) is 2.62. The number of allylic oxidation sites excluding steroid dienone is 1. The van der Waals surface area contributed by atoms with E-state index in [1.807, 2.05) is 12.3 Å². The van der Waals surface area contributed by atoms with Crippen LogP contribution in [0.15, 0.2) is 36.6 Å². The summed E-state index contributed by atoms with van der Waals surface area (Å²) in [6.45, 7) is 0. The largest absolute Gasteiger partial charge is 0.478 e. The van der Waals surface area contributed by atoms with E-state index in [1.54, 1.807) is 0 Å². The summed E-state index contributed by atoms with van der Waals surface area (Å²) in [4.78, 5) is 23.3. The van der Waals surface area contributed by atoms with E-state index >= 15 is 0 Å². The Labute approximate surface area is 144 Å². The molecule has 0 aromatic carbocycles. The van der Waals surface area contributed by atoms with E-state index in [-0.39, 0.29) is 0 Å². The van der Waals surface area contributed by atoms with Crippen LogP contribution in [0.5, 0.6) is 0 Å². The van der Waals surface area contributed by atoms with Gasteiger partial charge in [0.25, 0.3) is 0 Å². The number of halogens is 1. The van der Waals surface area contributed by atoms with Crippen LogP contribution in [-0.2, 0) is 9.59 Å². The van der Waals surface area contributed by atoms with Gasteiger partial charge in [-0.15, -0.1) is 0 Å². The molecule has 2 bridgehead atoms. The van der Waals surface area contributed by atoms with Crippen LogP contribution in [0.2, 0.25) is 5.15 Å². The molecule has 2 aliphatic heterocycles. The van der Waals surface area contributed by atoms with Crippen LogP contribution in [0.1, 0.15) is 31.2 Å². The van der Waals surface area contributed by atoms with E-state index in [9.17, 15) is 9.59 Å². The molecule has 0 saturated carbocycles. The zero-order valence-electron chi connectivity index (χ0n) is 13.0. The maximum Gasteiger partial charge on any atom is 0.328 e. The molecule has 0 aliphatic carbocycles. The molecule has 3 heterocycles. The van der Waals surface area contributed by atoms with Gasteiger partial charge in [0.1, 0.15) is 5.15 Å². The zero-order chi connectivity index (χ0) is 17.5. The lowest BCUT2D eigenvalue weighted by molar-refractivity contribution is -0.134. The van der Waals surface area contributed by atoms with Crippen molar-refractivity contribution in [1.82, 2.24) is 10.3 Å². The topological polar surface area (TPSA) is 99.5 Å². The normalized spacial score (nSPS) is 22.3. The van der Waals surface area contributed by atoms with E-state index < -0.39 is 11.9 Å². The van der Waals surface area contributed by atoms with Crippen molar-refractivity contribution in [3.63, 3.8) is 0 Å². The van der Waals surface area contributed by atoms with Crippen molar-refractivity contribution >= 4 is 29.1 Å². The third kappa shape index (κ3) is 5.47. The summed E-state index contributed by atoms with van der Waals surface area (Å²) in [5, 5.41) is 19.9. The van der Waals surface area contributed by atoms with Crippen molar-refractivity contribution in [2.75, 3.05) is 0 Å². The fourth-order valence-corrected chi connectivity index (χ4v) is 2.99. The summed E-state index contributed by atoms with van der Waals surface area (Å²) in [5.74, 6) is -2.51. The first-order valence-corrected chi connectivity index (χ1v) is 8.05. The molecule has 24 heavy (non-hydrogen) atoms. The highest BCUT2D eigenvalue weighted by molar-refractivity contribution is 6.29. The third-order valence-electron chi connectivity index (χ3n) is 3.92. The fraction of sp³-hybridized carbons (Fsp3) is 0.353. The second-order valence-corrected chi connectivity index (χ2v) is 6.00. The van der Waals surface area contributed by atoms with Gasteiger partial charge in [0, 0.05) is 30.4 Å². The van der Waals surface area contributed by atoms with Gasteiger partial charge in [-0.05, 0) is 42.9 Å². The van der Waals surface area contributed by atoms with Crippen molar-refractivity contribution in [3.8, 4) is 0 Å². The SMILES string of the molecule is Clc1ccc(C2=CCCC3CCC2N3)cn1.O=C(O)/C=C/C(=O)O. The molecule has 2 unspecified atom stereocenters. The smallest absolute Gasteiger partial charge is 0.328 e. The average Bonchev–Trinajstić information content (AvgIpc) is 2.88. The van der Waals surface area contributed by atoms with Gasteiger partial charge in [-0.3, -0.25) is 0 Å². The van der Waals surface area contributed by atoms with Crippen molar-refractivity contribution in [2.24, 2.45) is 0 Å². The lowest BCUT2D eigenvalue weighted by Gasteiger charge is -2.15. The van der Waals surface area contributed by atoms with Gasteiger partial charge >= 0.3 is 11.9 Å². The number of nitrogens with zero attached hydrogens (tertiary/aromatic N) is 1. The van der Waals surface area contributed by atoms with E-state index in [4.69, 9.17) is 21.8 Å². The Kier molecular flexibility index (Phi) is 6.52. The Balaban J connectivity index is 0.000000224. The molecule has 0 amide bonds. The predicted octanol–water partition coefficient (Wildman–Crippen LogP) is 2.74. The molecule has 1 aromatic rings. The molecule has 1 fully saturated rings. The van der Waals surface area contributed by atoms with Crippen LogP contribution in [0, 0.1) is 0 Å². The minimum atomic E-state index is -1.26. The van der Waals surface area contributed by atoms with Gasteiger partial charge in [-0.25, -0.2) is 14.6 Å². The lowest BCUT2D eigenvalue weighted by atomic mass is 9.95. The number of hydrogen-bond acceptors (Lipinski definition) is 4. The van der Waals surface area contributed by atoms with Crippen LogP contribution in [-0.4, -0.2) is 39.2 Å². The van der Waals surface area contributed by atoms with Gasteiger partial charge in [-0.2, -0.15) is 0 Å². The van der Waals surface area contributed by atoms with Gasteiger partial charge in [0.05, 0.1) is 0 Å². The van der Waals surface area contributed by atoms with E-state index in [0.29, 0.717) is 23.3 Å². The highest BCUT2D eigenvalue weighted by Gasteiger charge is 2.28. The molecule has 0 spiro atoms. The first kappa shape index (κ1) is 18.2. The Hall–Kier alpha value is -2.18. The lowest BCUT2D eigenvalue weighted by Crippen LogP contribution is -2.28. The van der Waals surface area contributed by atoms with E-state index in [1.165, 1.54) is 36.8 Å². The standard InChI is InChI=1S/C13H15ClN2.C4H4O4/c14-13-7-4-9(8-15-13)11-3-1-2-10-5-6-12(11)16-10;5-3(6)1-2-4(7)8/h3-4,7-8,10,12,16H,1-2,5-6H2;1-2H,(H,5,6)(H,7,8)/b;2-1+. The second kappa shape index (κ2) is 8.61. The number of pyridine rings is 1. The number of nitrogens with one attached hydrogen (secondary N) is 1. The fourth-order valence-electron chi connectivity index (χ4n) is 2.88. The number of aliphatic carboxylic acids is 2. The van der Waals surface area contributed by atoms with E-state index in [0.717, 1.165) is 6.04 Å². The first-order valence-electron chi connectivity index (χ1n) is 7.67. The number of hydrogen-bond donors (Lipinski definition) is 3. The van der Waals surface area contributed by atoms with E-state index in [2.05, 4.69) is 22.4 Å². The van der Waals surface area contributed by atoms with Gasteiger partial charge in [0.2, 0.25) is 0 Å². The van der Waals surface area contributed by atoms with Crippen LogP contribution >= 0.6 is 11.6 Å². The number of carboxylic acid groups (broad SMARTS) is 2. The minimum absolute atomic E-state index is 0.524. The molecule has 0 radical (unpaired) electrons. The van der Waals surface area contributed by atoms with Crippen molar-refractivity contribution in [1.29, 1.82) is 0 Å². The number of carboxylic acids is 2. The van der Waals surface area contributed by atoms with Crippen LogP contribution in [0.25, 0.3) is 5.57 Å².